The number of pyridine rings is 1. The number of aliphatic hydroxyl groups is 2. The molecule has 2 heterocycles. The quantitative estimate of drug-likeness (QED) is 0.196. The molecule has 0 spiro atoms. The molecule has 1 aromatic carbocycles. The maximum Gasteiger partial charge on any atom is 0.251 e. The van der Waals surface area contributed by atoms with Crippen LogP contribution < -0.4 is 15.4 Å². The van der Waals surface area contributed by atoms with E-state index in [0.717, 1.165) is 41.8 Å². The number of carbonyl (C=O) groups is 2. The second kappa shape index (κ2) is 19.6. The Morgan fingerprint density at radius 3 is 2.48 bits per heavy atom. The van der Waals surface area contributed by atoms with E-state index in [1.165, 1.54) is 0 Å². The summed E-state index contributed by atoms with van der Waals surface area (Å²) in [6.45, 7) is 8.83. The number of hydrogen-bond donors (Lipinski definition) is 4. The molecule has 1 aromatic heterocycles. The van der Waals surface area contributed by atoms with Crippen molar-refractivity contribution in [2.24, 2.45) is 23.7 Å². The third kappa shape index (κ3) is 10.6. The van der Waals surface area contributed by atoms with Crippen molar-refractivity contribution in [3.63, 3.8) is 0 Å². The lowest BCUT2D eigenvalue weighted by molar-refractivity contribution is -0.182. The fourth-order valence-corrected chi connectivity index (χ4v) is 8.83. The van der Waals surface area contributed by atoms with E-state index < -0.39 is 24.2 Å². The number of aromatic nitrogens is 1. The smallest absolute Gasteiger partial charge is 0.251 e. The SMILES string of the molecule is COc1c(CN2O[C@@H](CO)[C@@H]([C@H](C)O)[C@H]2C(=O)N[C@H]2C[C@@H](C(C)C)CC[C@@H]2C)cccc1C1C=C(C(=O)N[C@H](Cc2ccccn2)CN(C)C)C=C(N(C)C)C1. The first-order valence-corrected chi connectivity index (χ1v) is 20.3. The fraction of sp³-hybridized carbons (Fsp3) is 0.614. The van der Waals surface area contributed by atoms with Gasteiger partial charge < -0.3 is 35.4 Å². The molecule has 0 bridgehead atoms. The van der Waals surface area contributed by atoms with Crippen molar-refractivity contribution in [2.75, 3.05) is 48.5 Å². The van der Waals surface area contributed by atoms with E-state index in [1.807, 2.05) is 81.6 Å². The molecule has 4 N–H and O–H groups in total. The number of carbonyl (C=O) groups excluding carboxylic acids is 2. The van der Waals surface area contributed by atoms with Crippen molar-refractivity contribution >= 4 is 11.8 Å². The monoisotopic (exact) mass is 775 g/mol. The van der Waals surface area contributed by atoms with E-state index in [2.05, 4.69) is 41.3 Å². The lowest BCUT2D eigenvalue weighted by Gasteiger charge is -2.38. The van der Waals surface area contributed by atoms with E-state index >= 15 is 0 Å². The lowest BCUT2D eigenvalue weighted by atomic mass is 9.74. The van der Waals surface area contributed by atoms with Crippen LogP contribution in [0.3, 0.4) is 0 Å². The van der Waals surface area contributed by atoms with E-state index in [1.54, 1.807) is 25.3 Å². The summed E-state index contributed by atoms with van der Waals surface area (Å²) in [5.41, 5.74) is 4.19. The van der Waals surface area contributed by atoms with Crippen molar-refractivity contribution in [1.29, 1.82) is 0 Å². The molecule has 1 saturated heterocycles. The molecule has 3 aliphatic rings. The van der Waals surface area contributed by atoms with Gasteiger partial charge >= 0.3 is 0 Å². The predicted molar refractivity (Wildman–Crippen MR) is 218 cm³/mol. The highest BCUT2D eigenvalue weighted by molar-refractivity contribution is 5.97. The third-order valence-corrected chi connectivity index (χ3v) is 12.0. The summed E-state index contributed by atoms with van der Waals surface area (Å²) in [5, 5.41) is 29.6. The van der Waals surface area contributed by atoms with Gasteiger partial charge in [0.2, 0.25) is 5.91 Å². The van der Waals surface area contributed by atoms with Gasteiger partial charge in [0.15, 0.2) is 0 Å². The van der Waals surface area contributed by atoms with Gasteiger partial charge in [-0.05, 0) is 82.7 Å². The first kappa shape index (κ1) is 43.3. The van der Waals surface area contributed by atoms with Gasteiger partial charge in [0.25, 0.3) is 5.91 Å². The zero-order valence-electron chi connectivity index (χ0n) is 34.9. The summed E-state index contributed by atoms with van der Waals surface area (Å²) < 4.78 is 6.14. The standard InChI is InChI=1S/C44H66N6O6/c1-27(2)30-17-16-28(3)38(22-30)47-44(54)41-40(29(4)52)39(26-51)56-50(41)24-31-13-12-15-37(42(31)55-9)32-19-33(21-36(20-32)49(7)8)43(53)46-35(25-48(5)6)23-34-14-10-11-18-45-34/h10-15,18-19,21,27-30,32,35,38-41,51-52H,16-17,20,22-26H2,1-9H3,(H,46,53)(H,47,54)/t28-,29-,30-,32?,35+,38-,39-,40+,41-/m0/s1. The first-order chi connectivity index (χ1) is 26.7. The molecule has 2 aliphatic carbocycles. The normalized spacial score (nSPS) is 26.7. The van der Waals surface area contributed by atoms with Gasteiger partial charge in [-0.1, -0.05) is 51.1 Å². The minimum absolute atomic E-state index is 0.0165. The molecule has 2 fully saturated rings. The molecule has 5 rings (SSSR count). The molecule has 2 amide bonds. The molecule has 12 heteroatoms. The highest BCUT2D eigenvalue weighted by atomic mass is 16.7. The van der Waals surface area contributed by atoms with Crippen LogP contribution in [0.1, 0.15) is 76.1 Å². The molecule has 2 aromatic rings. The Hall–Kier alpha value is -3.81. The van der Waals surface area contributed by atoms with Crippen LogP contribution in [0.4, 0.5) is 0 Å². The van der Waals surface area contributed by atoms with Gasteiger partial charge in [0.05, 0.1) is 26.4 Å². The fourth-order valence-electron chi connectivity index (χ4n) is 8.83. The molecule has 0 radical (unpaired) electrons. The Kier molecular flexibility index (Phi) is 15.1. The number of allylic oxidation sites excluding steroid dienone is 2. The minimum atomic E-state index is -0.900. The highest BCUT2D eigenvalue weighted by Gasteiger charge is 2.50. The van der Waals surface area contributed by atoms with Gasteiger partial charge in [0, 0.05) is 85.3 Å². The van der Waals surface area contributed by atoms with Crippen LogP contribution in [0.15, 0.2) is 66.0 Å². The Labute approximate surface area is 334 Å². The highest BCUT2D eigenvalue weighted by Crippen LogP contribution is 2.41. The number of hydrogen-bond acceptors (Lipinski definition) is 10. The lowest BCUT2D eigenvalue weighted by Crippen LogP contribution is -2.53. The van der Waals surface area contributed by atoms with E-state index in [0.29, 0.717) is 48.5 Å². The summed E-state index contributed by atoms with van der Waals surface area (Å²) in [5.74, 6) is 0.845. The number of nitrogens with one attached hydrogen (secondary N) is 2. The number of hydroxylamine groups is 2. The van der Waals surface area contributed by atoms with E-state index in [-0.39, 0.29) is 43.0 Å². The number of amides is 2. The number of ether oxygens (including phenoxy) is 1. The van der Waals surface area contributed by atoms with Crippen LogP contribution in [0.2, 0.25) is 0 Å². The summed E-state index contributed by atoms with van der Waals surface area (Å²) in [6, 6.07) is 10.8. The predicted octanol–water partition coefficient (Wildman–Crippen LogP) is 4.29. The minimum Gasteiger partial charge on any atom is -0.496 e. The number of benzene rings is 1. The molecular formula is C44H66N6O6. The van der Waals surface area contributed by atoms with Gasteiger partial charge in [-0.3, -0.25) is 19.4 Å². The molecule has 1 unspecified atom stereocenters. The molecule has 56 heavy (non-hydrogen) atoms. The van der Waals surface area contributed by atoms with E-state index in [9.17, 15) is 19.8 Å². The van der Waals surface area contributed by atoms with Crippen molar-refractivity contribution in [2.45, 2.75) is 103 Å². The zero-order chi connectivity index (χ0) is 40.7. The van der Waals surface area contributed by atoms with Crippen molar-refractivity contribution in [3.05, 3.63) is 82.8 Å². The molecule has 12 nitrogen and oxygen atoms in total. The molecule has 1 saturated carbocycles. The second-order valence-electron chi connectivity index (χ2n) is 17.0. The number of aliphatic hydroxyl groups excluding tert-OH is 2. The van der Waals surface area contributed by atoms with Gasteiger partial charge in [-0.25, -0.2) is 0 Å². The molecular weight excluding hydrogens is 709 g/mol. The number of likely N-dealkylation sites (N-methyl/N-ethyl adjacent to an activating group) is 1. The average molecular weight is 775 g/mol. The maximum absolute atomic E-state index is 14.3. The second-order valence-corrected chi connectivity index (χ2v) is 17.0. The third-order valence-electron chi connectivity index (χ3n) is 12.0. The van der Waals surface area contributed by atoms with Gasteiger partial charge in [-0.15, -0.1) is 0 Å². The molecule has 1 aliphatic heterocycles. The number of methoxy groups -OCH3 is 1. The largest absolute Gasteiger partial charge is 0.496 e. The van der Waals surface area contributed by atoms with Crippen LogP contribution in [0.5, 0.6) is 5.75 Å². The van der Waals surface area contributed by atoms with Gasteiger partial charge in [-0.2, -0.15) is 5.06 Å². The summed E-state index contributed by atoms with van der Waals surface area (Å²) >= 11 is 0. The summed E-state index contributed by atoms with van der Waals surface area (Å²) in [4.78, 5) is 43.2. The number of nitrogens with zero attached hydrogens (tertiary/aromatic N) is 4. The zero-order valence-corrected chi connectivity index (χ0v) is 34.9. The molecule has 9 atom stereocenters. The Morgan fingerprint density at radius 1 is 1.09 bits per heavy atom. The van der Waals surface area contributed by atoms with Crippen LogP contribution in [0.25, 0.3) is 0 Å². The first-order valence-electron chi connectivity index (χ1n) is 20.3. The maximum atomic E-state index is 14.3. The van der Waals surface area contributed by atoms with Crippen molar-refractivity contribution in [1.82, 2.24) is 30.5 Å². The molecule has 308 valence electrons. The number of rotatable bonds is 16. The average Bonchev–Trinajstić information content (AvgIpc) is 3.54. The van der Waals surface area contributed by atoms with Crippen LogP contribution in [-0.2, 0) is 27.4 Å². The Bertz CT molecular complexity index is 1680. The van der Waals surface area contributed by atoms with Crippen molar-refractivity contribution in [3.8, 4) is 5.75 Å². The van der Waals surface area contributed by atoms with Crippen LogP contribution in [-0.4, -0.2) is 121 Å². The Morgan fingerprint density at radius 2 is 1.86 bits per heavy atom. The van der Waals surface area contributed by atoms with Gasteiger partial charge in [0.1, 0.15) is 17.9 Å². The van der Waals surface area contributed by atoms with Crippen LogP contribution >= 0.6 is 0 Å². The van der Waals surface area contributed by atoms with Crippen LogP contribution in [0, 0.1) is 23.7 Å². The Balaban J connectivity index is 1.42. The van der Waals surface area contributed by atoms with Crippen molar-refractivity contribution < 1.29 is 29.4 Å². The topological polar surface area (TPSA) is 140 Å². The summed E-state index contributed by atoms with van der Waals surface area (Å²) in [6.07, 6.45) is 8.45. The summed E-state index contributed by atoms with van der Waals surface area (Å²) in [7, 11) is 9.58. The van der Waals surface area contributed by atoms with E-state index in [4.69, 9.17) is 9.57 Å². The number of para-hydroxylation sites is 1.